The van der Waals surface area contributed by atoms with Crippen LogP contribution in [0.1, 0.15) is 24.1 Å². The van der Waals surface area contributed by atoms with E-state index in [4.69, 9.17) is 9.26 Å². The number of hydrogen-bond donors (Lipinski definition) is 1. The molecule has 1 aromatic heterocycles. The van der Waals surface area contributed by atoms with Crippen LogP contribution >= 0.6 is 0 Å². The van der Waals surface area contributed by atoms with E-state index in [1.807, 2.05) is 0 Å². The molecule has 24 heavy (non-hydrogen) atoms. The van der Waals surface area contributed by atoms with Crippen molar-refractivity contribution in [2.75, 3.05) is 18.2 Å². The highest BCUT2D eigenvalue weighted by Gasteiger charge is 2.24. The number of carbonyl (C=O) groups excluding carboxylic acids is 1. The lowest BCUT2D eigenvalue weighted by Crippen LogP contribution is -2.23. The van der Waals surface area contributed by atoms with Crippen LogP contribution in [0.3, 0.4) is 0 Å². The Morgan fingerprint density at radius 2 is 1.96 bits per heavy atom. The van der Waals surface area contributed by atoms with E-state index in [1.54, 1.807) is 0 Å². The van der Waals surface area contributed by atoms with E-state index < -0.39 is 21.5 Å². The molecule has 0 aliphatic heterocycles. The van der Waals surface area contributed by atoms with E-state index in [9.17, 15) is 13.2 Å². The third kappa shape index (κ3) is 3.43. The summed E-state index contributed by atoms with van der Waals surface area (Å²) in [6.45, 7) is 0. The predicted octanol–water partition coefficient (Wildman–Crippen LogP) is 1.97. The Balaban J connectivity index is 1.70. The van der Waals surface area contributed by atoms with Crippen molar-refractivity contribution in [2.24, 2.45) is 0 Å². The van der Waals surface area contributed by atoms with Crippen LogP contribution < -0.4 is 10.1 Å². The van der Waals surface area contributed by atoms with Crippen molar-refractivity contribution >= 4 is 21.6 Å². The number of amides is 1. The van der Waals surface area contributed by atoms with E-state index in [1.165, 1.54) is 31.4 Å². The van der Waals surface area contributed by atoms with Crippen LogP contribution in [0.2, 0.25) is 0 Å². The molecule has 1 heterocycles. The number of aryl methyl sites for hydroxylation is 1. The molecule has 7 nitrogen and oxygen atoms in total. The highest BCUT2D eigenvalue weighted by Crippen LogP contribution is 2.27. The average Bonchev–Trinajstić information content (AvgIpc) is 2.97. The molecule has 0 spiro atoms. The Bertz CT molecular complexity index is 840. The molecule has 8 heteroatoms. The lowest BCUT2D eigenvalue weighted by atomic mass is 9.98. The molecule has 0 saturated heterocycles. The third-order valence-corrected chi connectivity index (χ3v) is 5.59. The minimum Gasteiger partial charge on any atom is -0.497 e. The normalized spacial score (nSPS) is 14.0. The molecule has 1 aromatic carbocycles. The lowest BCUT2D eigenvalue weighted by molar-refractivity contribution is -0.114. The summed E-state index contributed by atoms with van der Waals surface area (Å²) in [5.41, 5.74) is 1.71. The molecule has 1 N–H and O–H groups in total. The summed E-state index contributed by atoms with van der Waals surface area (Å²) in [7, 11) is -2.24. The van der Waals surface area contributed by atoms with Gasteiger partial charge in [0.15, 0.2) is 9.84 Å². The number of ether oxygens (including phenoxy) is 1. The molecule has 1 aliphatic carbocycles. The minimum atomic E-state index is -3.74. The van der Waals surface area contributed by atoms with Gasteiger partial charge in [-0.05, 0) is 49.9 Å². The Kier molecular flexibility index (Phi) is 4.57. The van der Waals surface area contributed by atoms with Crippen molar-refractivity contribution in [1.82, 2.24) is 5.16 Å². The zero-order valence-corrected chi connectivity index (χ0v) is 14.1. The van der Waals surface area contributed by atoms with Gasteiger partial charge in [0, 0.05) is 5.56 Å². The van der Waals surface area contributed by atoms with Crippen LogP contribution in [-0.2, 0) is 27.5 Å². The number of nitrogens with zero attached hydrogens (tertiary/aromatic N) is 1. The van der Waals surface area contributed by atoms with Crippen molar-refractivity contribution in [3.63, 3.8) is 0 Å². The molecule has 1 aliphatic rings. The predicted molar refractivity (Wildman–Crippen MR) is 86.8 cm³/mol. The molecule has 0 bridgehead atoms. The molecule has 1 amide bonds. The molecule has 0 radical (unpaired) electrons. The van der Waals surface area contributed by atoms with Gasteiger partial charge in [0.25, 0.3) is 0 Å². The largest absolute Gasteiger partial charge is 0.497 e. The van der Waals surface area contributed by atoms with Crippen molar-refractivity contribution in [2.45, 2.75) is 30.6 Å². The molecular formula is C16H18N2O5S. The number of rotatable bonds is 5. The maximum absolute atomic E-state index is 12.3. The number of benzene rings is 1. The summed E-state index contributed by atoms with van der Waals surface area (Å²) in [6, 6.07) is 5.91. The SMILES string of the molecule is COc1ccc(S(=O)(=O)CC(=O)Nc2onc3c2CCCC3)cc1. The molecular weight excluding hydrogens is 332 g/mol. The summed E-state index contributed by atoms with van der Waals surface area (Å²) < 4.78 is 34.8. The standard InChI is InChI=1S/C16H18N2O5S/c1-22-11-6-8-12(9-7-11)24(20,21)10-15(19)17-16-13-4-2-3-5-14(13)18-23-16/h6-9H,2-5,10H2,1H3,(H,17,19). The molecule has 0 fully saturated rings. The zero-order valence-electron chi connectivity index (χ0n) is 13.2. The maximum atomic E-state index is 12.3. The van der Waals surface area contributed by atoms with Crippen molar-refractivity contribution < 1.29 is 22.5 Å². The van der Waals surface area contributed by atoms with Gasteiger partial charge in [-0.3, -0.25) is 10.1 Å². The Morgan fingerprint density at radius 1 is 1.25 bits per heavy atom. The van der Waals surface area contributed by atoms with Gasteiger partial charge in [-0.2, -0.15) is 0 Å². The van der Waals surface area contributed by atoms with Crippen LogP contribution in [-0.4, -0.2) is 32.3 Å². The van der Waals surface area contributed by atoms with E-state index >= 15 is 0 Å². The highest BCUT2D eigenvalue weighted by molar-refractivity contribution is 7.92. The number of sulfone groups is 1. The van der Waals surface area contributed by atoms with E-state index in [0.29, 0.717) is 5.75 Å². The Labute approximate surface area is 139 Å². The molecule has 2 aromatic rings. The Hall–Kier alpha value is -2.35. The fourth-order valence-electron chi connectivity index (χ4n) is 2.69. The van der Waals surface area contributed by atoms with Crippen LogP contribution in [0.15, 0.2) is 33.7 Å². The third-order valence-electron chi connectivity index (χ3n) is 3.95. The second-order valence-corrected chi connectivity index (χ2v) is 7.62. The molecule has 0 unspecified atom stereocenters. The zero-order chi connectivity index (χ0) is 17.2. The first-order valence-corrected chi connectivity index (χ1v) is 9.29. The number of hydrogen-bond acceptors (Lipinski definition) is 6. The van der Waals surface area contributed by atoms with Crippen molar-refractivity contribution in [1.29, 1.82) is 0 Å². The minimum absolute atomic E-state index is 0.0676. The monoisotopic (exact) mass is 350 g/mol. The fraction of sp³-hybridized carbons (Fsp3) is 0.375. The topological polar surface area (TPSA) is 98.5 Å². The lowest BCUT2D eigenvalue weighted by Gasteiger charge is -2.10. The molecule has 0 saturated carbocycles. The first-order valence-electron chi connectivity index (χ1n) is 7.63. The first-order chi connectivity index (χ1) is 11.5. The highest BCUT2D eigenvalue weighted by atomic mass is 32.2. The smallest absolute Gasteiger partial charge is 0.242 e. The van der Waals surface area contributed by atoms with Crippen molar-refractivity contribution in [3.05, 3.63) is 35.5 Å². The van der Waals surface area contributed by atoms with Crippen LogP contribution in [0.5, 0.6) is 5.75 Å². The first kappa shape index (κ1) is 16.5. The van der Waals surface area contributed by atoms with Gasteiger partial charge in [0.1, 0.15) is 11.5 Å². The molecule has 3 rings (SSSR count). The van der Waals surface area contributed by atoms with Gasteiger partial charge < -0.3 is 9.26 Å². The molecule has 0 atom stereocenters. The van der Waals surface area contributed by atoms with Crippen LogP contribution in [0.4, 0.5) is 5.88 Å². The Morgan fingerprint density at radius 3 is 2.67 bits per heavy atom. The van der Waals surface area contributed by atoms with Gasteiger partial charge in [-0.15, -0.1) is 0 Å². The number of carbonyl (C=O) groups is 1. The number of nitrogens with one attached hydrogen (secondary N) is 1. The number of fused-ring (bicyclic) bond motifs is 1. The second kappa shape index (κ2) is 6.64. The maximum Gasteiger partial charge on any atom is 0.242 e. The van der Waals surface area contributed by atoms with E-state index in [0.717, 1.165) is 36.9 Å². The van der Waals surface area contributed by atoms with Gasteiger partial charge >= 0.3 is 0 Å². The summed E-state index contributed by atoms with van der Waals surface area (Å²) in [4.78, 5) is 12.2. The summed E-state index contributed by atoms with van der Waals surface area (Å²) in [5.74, 6) is -0.490. The second-order valence-electron chi connectivity index (χ2n) is 5.63. The summed E-state index contributed by atoms with van der Waals surface area (Å²) in [5, 5.41) is 6.46. The summed E-state index contributed by atoms with van der Waals surface area (Å²) >= 11 is 0. The van der Waals surface area contributed by atoms with Crippen molar-refractivity contribution in [3.8, 4) is 5.75 Å². The number of methoxy groups -OCH3 is 1. The molecule has 128 valence electrons. The average molecular weight is 350 g/mol. The summed E-state index contributed by atoms with van der Waals surface area (Å²) in [6.07, 6.45) is 3.64. The van der Waals surface area contributed by atoms with E-state index in [-0.39, 0.29) is 10.8 Å². The number of anilines is 1. The quantitative estimate of drug-likeness (QED) is 0.885. The fourth-order valence-corrected chi connectivity index (χ4v) is 3.83. The van der Waals surface area contributed by atoms with Gasteiger partial charge in [0.05, 0.1) is 17.7 Å². The van der Waals surface area contributed by atoms with Gasteiger partial charge in [-0.1, -0.05) is 5.16 Å². The van der Waals surface area contributed by atoms with E-state index in [2.05, 4.69) is 10.5 Å². The van der Waals surface area contributed by atoms with Gasteiger partial charge in [0.2, 0.25) is 11.8 Å². The number of aromatic nitrogens is 1. The van der Waals surface area contributed by atoms with Gasteiger partial charge in [-0.25, -0.2) is 8.42 Å². The van der Waals surface area contributed by atoms with Crippen LogP contribution in [0, 0.1) is 0 Å². The van der Waals surface area contributed by atoms with Crippen LogP contribution in [0.25, 0.3) is 0 Å².